The van der Waals surface area contributed by atoms with Crippen molar-refractivity contribution in [1.29, 1.82) is 0 Å². The van der Waals surface area contributed by atoms with Gasteiger partial charge in [0.2, 0.25) is 0 Å². The summed E-state index contributed by atoms with van der Waals surface area (Å²) in [5.41, 5.74) is 7.16. The van der Waals surface area contributed by atoms with E-state index in [0.29, 0.717) is 12.0 Å². The second-order valence-electron chi connectivity index (χ2n) is 8.29. The number of aryl methyl sites for hydroxylation is 1. The van der Waals surface area contributed by atoms with Crippen LogP contribution in [0.25, 0.3) is 0 Å². The molecule has 138 valence electrons. The van der Waals surface area contributed by atoms with Crippen molar-refractivity contribution >= 4 is 11.4 Å². The van der Waals surface area contributed by atoms with E-state index in [1.807, 2.05) is 0 Å². The van der Waals surface area contributed by atoms with Gasteiger partial charge in [-0.15, -0.1) is 0 Å². The van der Waals surface area contributed by atoms with E-state index >= 15 is 0 Å². The summed E-state index contributed by atoms with van der Waals surface area (Å²) in [6.45, 7) is 5.73. The van der Waals surface area contributed by atoms with Crippen LogP contribution in [-0.2, 0) is 6.42 Å². The molecule has 2 aromatic rings. The third-order valence-electron chi connectivity index (χ3n) is 6.14. The van der Waals surface area contributed by atoms with Gasteiger partial charge in [-0.1, -0.05) is 29.8 Å². The van der Waals surface area contributed by atoms with Crippen molar-refractivity contribution in [2.75, 3.05) is 50.6 Å². The summed E-state index contributed by atoms with van der Waals surface area (Å²) in [4.78, 5) is 7.39. The van der Waals surface area contributed by atoms with Gasteiger partial charge in [0.1, 0.15) is 0 Å². The summed E-state index contributed by atoms with van der Waals surface area (Å²) in [5.74, 6) is 0.664. The lowest BCUT2D eigenvalue weighted by atomic mass is 9.89. The molecule has 2 aliphatic heterocycles. The maximum atomic E-state index is 2.70. The molecule has 2 aliphatic rings. The van der Waals surface area contributed by atoms with Crippen molar-refractivity contribution in [2.45, 2.75) is 31.7 Å². The first-order valence-electron chi connectivity index (χ1n) is 9.85. The molecule has 3 heteroatoms. The fraction of sp³-hybridized carbons (Fsp3) is 0.478. The van der Waals surface area contributed by atoms with Crippen molar-refractivity contribution in [2.24, 2.45) is 0 Å². The molecular formula is C23H31N3. The number of piperidine rings is 1. The van der Waals surface area contributed by atoms with Gasteiger partial charge in [0, 0.05) is 50.5 Å². The minimum absolute atomic E-state index is 0.664. The Bertz CT molecular complexity index is 783. The Balaban J connectivity index is 1.57. The number of likely N-dealkylation sites (tertiary alicyclic amines) is 1. The van der Waals surface area contributed by atoms with Crippen molar-refractivity contribution in [3.05, 3.63) is 59.2 Å². The zero-order valence-corrected chi connectivity index (χ0v) is 16.6. The summed E-state index contributed by atoms with van der Waals surface area (Å²) in [6, 6.07) is 16.7. The highest BCUT2D eigenvalue weighted by Crippen LogP contribution is 2.44. The molecule has 2 atom stereocenters. The Kier molecular flexibility index (Phi) is 4.66. The van der Waals surface area contributed by atoms with Gasteiger partial charge >= 0.3 is 0 Å². The number of nitrogens with zero attached hydrogens (tertiary/aromatic N) is 3. The second kappa shape index (κ2) is 6.96. The normalized spacial score (nSPS) is 22.2. The molecule has 0 saturated carbocycles. The highest BCUT2D eigenvalue weighted by Gasteiger charge is 2.40. The third-order valence-corrected chi connectivity index (χ3v) is 6.14. The molecule has 2 unspecified atom stereocenters. The molecule has 0 spiro atoms. The van der Waals surface area contributed by atoms with Gasteiger partial charge in [-0.25, -0.2) is 0 Å². The Morgan fingerprint density at radius 3 is 2.77 bits per heavy atom. The van der Waals surface area contributed by atoms with Crippen LogP contribution in [0.4, 0.5) is 11.4 Å². The molecule has 0 bridgehead atoms. The van der Waals surface area contributed by atoms with E-state index in [1.54, 1.807) is 5.56 Å². The Morgan fingerprint density at radius 2 is 1.96 bits per heavy atom. The van der Waals surface area contributed by atoms with Crippen molar-refractivity contribution in [3.63, 3.8) is 0 Å². The van der Waals surface area contributed by atoms with Gasteiger partial charge in [0.05, 0.1) is 0 Å². The summed E-state index contributed by atoms with van der Waals surface area (Å²) in [5, 5.41) is 0. The SMILES string of the molecule is Cc1ccc2c(c1)C1CN(C)CCC1N2CCc1cccc(N(C)C)c1. The highest BCUT2D eigenvalue weighted by atomic mass is 15.2. The molecule has 0 amide bonds. The van der Waals surface area contributed by atoms with Crippen LogP contribution in [0.15, 0.2) is 42.5 Å². The van der Waals surface area contributed by atoms with Gasteiger partial charge in [0.15, 0.2) is 0 Å². The van der Waals surface area contributed by atoms with Crippen molar-refractivity contribution in [3.8, 4) is 0 Å². The minimum atomic E-state index is 0.664. The smallest absolute Gasteiger partial charge is 0.0405 e. The van der Waals surface area contributed by atoms with Gasteiger partial charge in [-0.05, 0) is 62.7 Å². The van der Waals surface area contributed by atoms with Crippen LogP contribution < -0.4 is 9.80 Å². The molecule has 26 heavy (non-hydrogen) atoms. The standard InChI is InChI=1S/C23H31N3/c1-17-8-9-22-20(14-17)21-16-25(4)12-11-23(21)26(22)13-10-18-6-5-7-19(15-18)24(2)3/h5-9,14-15,21,23H,10-13,16H2,1-4H3. The van der Waals surface area contributed by atoms with E-state index in [-0.39, 0.29) is 0 Å². The summed E-state index contributed by atoms with van der Waals surface area (Å²) < 4.78 is 0. The molecule has 2 heterocycles. The maximum absolute atomic E-state index is 2.70. The molecule has 0 radical (unpaired) electrons. The van der Waals surface area contributed by atoms with Crippen molar-refractivity contribution in [1.82, 2.24) is 4.90 Å². The number of anilines is 2. The quantitative estimate of drug-likeness (QED) is 0.828. The van der Waals surface area contributed by atoms with Crippen LogP contribution in [0, 0.1) is 6.92 Å². The van der Waals surface area contributed by atoms with Crippen LogP contribution in [-0.4, -0.2) is 51.7 Å². The average molecular weight is 350 g/mol. The molecule has 3 nitrogen and oxygen atoms in total. The summed E-state index contributed by atoms with van der Waals surface area (Å²) >= 11 is 0. The number of hydrogen-bond donors (Lipinski definition) is 0. The van der Waals surface area contributed by atoms with Crippen LogP contribution in [0.1, 0.15) is 29.0 Å². The van der Waals surface area contributed by atoms with Gasteiger partial charge in [0.25, 0.3) is 0 Å². The molecule has 0 aliphatic carbocycles. The van der Waals surface area contributed by atoms with E-state index in [1.165, 1.54) is 42.0 Å². The number of fused-ring (bicyclic) bond motifs is 3. The van der Waals surface area contributed by atoms with Crippen LogP contribution in [0.5, 0.6) is 0 Å². The fourth-order valence-corrected chi connectivity index (χ4v) is 4.72. The molecular weight excluding hydrogens is 318 g/mol. The maximum Gasteiger partial charge on any atom is 0.0405 e. The summed E-state index contributed by atoms with van der Waals surface area (Å²) in [6.07, 6.45) is 2.38. The highest BCUT2D eigenvalue weighted by molar-refractivity contribution is 5.63. The predicted octanol–water partition coefficient (Wildman–Crippen LogP) is 3.91. The average Bonchev–Trinajstić information content (AvgIpc) is 2.92. The largest absolute Gasteiger partial charge is 0.378 e. The number of likely N-dealkylation sites (N-methyl/N-ethyl adjacent to an activating group) is 1. The Labute approximate surface area is 158 Å². The second-order valence-corrected chi connectivity index (χ2v) is 8.29. The van der Waals surface area contributed by atoms with E-state index in [0.717, 1.165) is 13.0 Å². The number of benzene rings is 2. The van der Waals surface area contributed by atoms with Gasteiger partial charge < -0.3 is 14.7 Å². The lowest BCUT2D eigenvalue weighted by Gasteiger charge is -2.37. The Morgan fingerprint density at radius 1 is 1.12 bits per heavy atom. The van der Waals surface area contributed by atoms with E-state index in [4.69, 9.17) is 0 Å². The van der Waals surface area contributed by atoms with E-state index < -0.39 is 0 Å². The molecule has 0 aromatic heterocycles. The first-order chi connectivity index (χ1) is 12.5. The number of hydrogen-bond acceptors (Lipinski definition) is 3. The van der Waals surface area contributed by atoms with E-state index in [2.05, 4.69) is 85.2 Å². The Hall–Kier alpha value is -2.00. The van der Waals surface area contributed by atoms with Crippen molar-refractivity contribution < 1.29 is 0 Å². The lowest BCUT2D eigenvalue weighted by molar-refractivity contribution is 0.231. The molecule has 4 rings (SSSR count). The zero-order valence-electron chi connectivity index (χ0n) is 16.6. The zero-order chi connectivity index (χ0) is 18.3. The third kappa shape index (κ3) is 3.21. The first-order valence-corrected chi connectivity index (χ1v) is 9.85. The number of rotatable bonds is 4. The van der Waals surface area contributed by atoms with Gasteiger partial charge in [-0.3, -0.25) is 0 Å². The topological polar surface area (TPSA) is 9.72 Å². The van der Waals surface area contributed by atoms with Crippen LogP contribution in [0.2, 0.25) is 0 Å². The predicted molar refractivity (Wildman–Crippen MR) is 112 cm³/mol. The van der Waals surface area contributed by atoms with Crippen LogP contribution in [0.3, 0.4) is 0 Å². The first kappa shape index (κ1) is 17.4. The minimum Gasteiger partial charge on any atom is -0.378 e. The molecule has 0 N–H and O–H groups in total. The fourth-order valence-electron chi connectivity index (χ4n) is 4.72. The van der Waals surface area contributed by atoms with Crippen LogP contribution >= 0.6 is 0 Å². The summed E-state index contributed by atoms with van der Waals surface area (Å²) in [7, 11) is 6.49. The van der Waals surface area contributed by atoms with E-state index in [9.17, 15) is 0 Å². The molecule has 1 saturated heterocycles. The molecule has 2 aromatic carbocycles. The molecule has 1 fully saturated rings. The van der Waals surface area contributed by atoms with Gasteiger partial charge in [-0.2, -0.15) is 0 Å². The lowest BCUT2D eigenvalue weighted by Crippen LogP contribution is -2.45. The monoisotopic (exact) mass is 349 g/mol.